The number of pyridine rings is 1. The molecule has 1 aliphatic rings. The molecular formula is C22H28N8O. The number of rotatable bonds is 7. The maximum Gasteiger partial charge on any atom is 0.213 e. The second-order valence-corrected chi connectivity index (χ2v) is 7.94. The number of piperidine rings is 1. The molecule has 1 N–H and O–H groups in total. The molecular weight excluding hydrogens is 392 g/mol. The topological polar surface area (TPSA) is 97.1 Å². The first-order chi connectivity index (χ1) is 15.0. The van der Waals surface area contributed by atoms with Crippen molar-refractivity contribution in [1.29, 1.82) is 0 Å². The highest BCUT2D eigenvalue weighted by Crippen LogP contribution is 2.30. The molecule has 162 valence electrons. The van der Waals surface area contributed by atoms with E-state index < -0.39 is 0 Å². The Morgan fingerprint density at radius 3 is 3.03 bits per heavy atom. The van der Waals surface area contributed by atoms with E-state index in [9.17, 15) is 0 Å². The third-order valence-electron chi connectivity index (χ3n) is 5.32. The lowest BCUT2D eigenvalue weighted by Crippen LogP contribution is -2.37. The van der Waals surface area contributed by atoms with Crippen molar-refractivity contribution in [1.82, 2.24) is 29.9 Å². The second kappa shape index (κ2) is 9.11. The van der Waals surface area contributed by atoms with E-state index in [1.807, 2.05) is 43.8 Å². The minimum atomic E-state index is 0.0111. The molecule has 1 aliphatic heterocycles. The zero-order valence-electron chi connectivity index (χ0n) is 18.2. The lowest BCUT2D eigenvalue weighted by Gasteiger charge is -2.33. The van der Waals surface area contributed by atoms with Gasteiger partial charge in [-0.3, -0.25) is 5.10 Å². The molecule has 9 nitrogen and oxygen atoms in total. The summed E-state index contributed by atoms with van der Waals surface area (Å²) in [5.74, 6) is 1.40. The van der Waals surface area contributed by atoms with E-state index in [-0.39, 0.29) is 6.10 Å². The number of anilines is 1. The average molecular weight is 421 g/mol. The molecule has 3 aromatic heterocycles. The molecule has 1 saturated heterocycles. The molecule has 0 aliphatic carbocycles. The van der Waals surface area contributed by atoms with Crippen LogP contribution in [0, 0.1) is 6.92 Å². The Bertz CT molecular complexity index is 1050. The van der Waals surface area contributed by atoms with Crippen LogP contribution in [-0.2, 0) is 4.74 Å². The fraction of sp³-hybridized carbons (Fsp3) is 0.409. The van der Waals surface area contributed by atoms with Crippen LogP contribution >= 0.6 is 0 Å². The molecule has 0 radical (unpaired) electrons. The lowest BCUT2D eigenvalue weighted by atomic mass is 10.0. The fourth-order valence-electron chi connectivity index (χ4n) is 3.84. The Balaban J connectivity index is 1.62. The summed E-state index contributed by atoms with van der Waals surface area (Å²) in [5.41, 5.74) is 3.68. The maximum absolute atomic E-state index is 5.74. The van der Waals surface area contributed by atoms with Crippen LogP contribution in [0.25, 0.3) is 17.3 Å². The highest BCUT2D eigenvalue weighted by Gasteiger charge is 2.23. The van der Waals surface area contributed by atoms with E-state index in [0.717, 1.165) is 54.3 Å². The number of nitrogens with one attached hydrogen (secondary N) is 1. The summed E-state index contributed by atoms with van der Waals surface area (Å²) < 4.78 is 7.68. The van der Waals surface area contributed by atoms with Crippen LogP contribution in [0.3, 0.4) is 0 Å². The van der Waals surface area contributed by atoms with E-state index in [1.54, 1.807) is 12.7 Å². The Hall–Kier alpha value is -3.49. The van der Waals surface area contributed by atoms with Gasteiger partial charge in [0, 0.05) is 42.2 Å². The van der Waals surface area contributed by atoms with Gasteiger partial charge in [-0.1, -0.05) is 0 Å². The number of aryl methyl sites for hydroxylation is 1. The molecule has 0 bridgehead atoms. The highest BCUT2D eigenvalue weighted by molar-refractivity contribution is 5.75. The third-order valence-corrected chi connectivity index (χ3v) is 5.32. The zero-order valence-corrected chi connectivity index (χ0v) is 18.2. The molecule has 0 amide bonds. The van der Waals surface area contributed by atoms with Gasteiger partial charge < -0.3 is 9.64 Å². The number of H-pyrrole nitrogens is 1. The third kappa shape index (κ3) is 4.65. The van der Waals surface area contributed by atoms with Crippen molar-refractivity contribution in [3.63, 3.8) is 0 Å². The van der Waals surface area contributed by atoms with Crippen molar-refractivity contribution in [3.05, 3.63) is 48.1 Å². The Morgan fingerprint density at radius 2 is 2.29 bits per heavy atom. The van der Waals surface area contributed by atoms with Crippen LogP contribution in [-0.4, -0.2) is 55.9 Å². The van der Waals surface area contributed by atoms with Gasteiger partial charge in [0.15, 0.2) is 0 Å². The first-order valence-electron chi connectivity index (χ1n) is 10.5. The largest absolute Gasteiger partial charge is 0.475 e. The van der Waals surface area contributed by atoms with Gasteiger partial charge >= 0.3 is 0 Å². The monoisotopic (exact) mass is 420 g/mol. The fourth-order valence-corrected chi connectivity index (χ4v) is 3.84. The quantitative estimate of drug-likeness (QED) is 0.463. The van der Waals surface area contributed by atoms with Crippen molar-refractivity contribution in [3.8, 4) is 11.3 Å². The SMILES string of the molecule is C=N/C(=C\c1c(-c2ccnc(N3CCCC(n4cncn4)C3)c2)n[nH]c1C)OC(C)C. The van der Waals surface area contributed by atoms with Crippen molar-refractivity contribution in [2.24, 2.45) is 4.99 Å². The van der Waals surface area contributed by atoms with E-state index >= 15 is 0 Å². The van der Waals surface area contributed by atoms with Crippen molar-refractivity contribution in [2.45, 2.75) is 45.8 Å². The van der Waals surface area contributed by atoms with Gasteiger partial charge in [0.2, 0.25) is 5.88 Å². The van der Waals surface area contributed by atoms with E-state index in [4.69, 9.17) is 4.74 Å². The zero-order chi connectivity index (χ0) is 21.8. The molecule has 0 aromatic carbocycles. The van der Waals surface area contributed by atoms with Crippen LogP contribution in [0.5, 0.6) is 0 Å². The normalized spacial score (nSPS) is 17.2. The van der Waals surface area contributed by atoms with Gasteiger partial charge in [-0.25, -0.2) is 19.6 Å². The summed E-state index contributed by atoms with van der Waals surface area (Å²) in [7, 11) is 0. The van der Waals surface area contributed by atoms with Crippen LogP contribution in [0.1, 0.15) is 44.0 Å². The van der Waals surface area contributed by atoms with Crippen LogP contribution in [0.4, 0.5) is 5.82 Å². The van der Waals surface area contributed by atoms with Gasteiger partial charge in [-0.2, -0.15) is 10.2 Å². The molecule has 0 saturated carbocycles. The van der Waals surface area contributed by atoms with Crippen LogP contribution in [0.15, 0.2) is 41.9 Å². The summed E-state index contributed by atoms with van der Waals surface area (Å²) in [5, 5.41) is 11.9. The Kier molecular flexibility index (Phi) is 6.11. The lowest BCUT2D eigenvalue weighted by molar-refractivity contribution is 0.149. The number of hydrogen-bond acceptors (Lipinski definition) is 7. The molecule has 1 atom stereocenters. The predicted molar refractivity (Wildman–Crippen MR) is 121 cm³/mol. The second-order valence-electron chi connectivity index (χ2n) is 7.94. The molecule has 0 spiro atoms. The summed E-state index contributed by atoms with van der Waals surface area (Å²) in [6.45, 7) is 11.3. The minimum Gasteiger partial charge on any atom is -0.475 e. The molecule has 1 fully saturated rings. The van der Waals surface area contributed by atoms with Crippen molar-refractivity contribution >= 4 is 18.6 Å². The summed E-state index contributed by atoms with van der Waals surface area (Å²) in [4.78, 5) is 15.0. The number of nitrogens with zero attached hydrogens (tertiary/aromatic N) is 7. The van der Waals surface area contributed by atoms with Gasteiger partial charge in [0.05, 0.1) is 17.8 Å². The number of aromatic amines is 1. The first kappa shape index (κ1) is 20.8. The number of ether oxygens (including phenoxy) is 1. The minimum absolute atomic E-state index is 0.0111. The van der Waals surface area contributed by atoms with Gasteiger partial charge in [-0.15, -0.1) is 0 Å². The van der Waals surface area contributed by atoms with E-state index in [1.165, 1.54) is 0 Å². The van der Waals surface area contributed by atoms with Gasteiger partial charge in [0.25, 0.3) is 0 Å². The van der Waals surface area contributed by atoms with Crippen molar-refractivity contribution < 1.29 is 4.74 Å². The van der Waals surface area contributed by atoms with Crippen LogP contribution < -0.4 is 4.90 Å². The Labute approximate surface area is 181 Å². The molecule has 4 heterocycles. The van der Waals surface area contributed by atoms with Gasteiger partial charge in [-0.05, 0) is 52.5 Å². The standard InChI is InChI=1S/C22H28N8O/c1-15(2)31-21(23-4)11-19-16(3)27-28-22(19)17-7-8-25-20(10-17)29-9-5-6-18(12-29)30-14-24-13-26-30/h7-8,10-11,13-15,18H,4-6,9,12H2,1-3H3,(H,27,28)/b21-11+. The summed E-state index contributed by atoms with van der Waals surface area (Å²) >= 11 is 0. The number of hydrogen-bond donors (Lipinski definition) is 1. The number of aliphatic imine (C=N–C) groups is 1. The maximum atomic E-state index is 5.74. The van der Waals surface area contributed by atoms with E-state index in [2.05, 4.69) is 47.9 Å². The summed E-state index contributed by atoms with van der Waals surface area (Å²) in [6, 6.07) is 4.35. The predicted octanol–water partition coefficient (Wildman–Crippen LogP) is 3.64. The van der Waals surface area contributed by atoms with Crippen molar-refractivity contribution in [2.75, 3.05) is 18.0 Å². The molecule has 4 rings (SSSR count). The molecule has 3 aromatic rings. The highest BCUT2D eigenvalue weighted by atomic mass is 16.5. The molecule has 9 heteroatoms. The van der Waals surface area contributed by atoms with Crippen LogP contribution in [0.2, 0.25) is 0 Å². The first-order valence-corrected chi connectivity index (χ1v) is 10.5. The Morgan fingerprint density at radius 1 is 1.42 bits per heavy atom. The average Bonchev–Trinajstić information content (AvgIpc) is 3.44. The summed E-state index contributed by atoms with van der Waals surface area (Å²) in [6.07, 6.45) is 9.25. The van der Waals surface area contributed by atoms with E-state index in [0.29, 0.717) is 11.9 Å². The number of aromatic nitrogens is 6. The smallest absolute Gasteiger partial charge is 0.213 e. The molecule has 31 heavy (non-hydrogen) atoms. The van der Waals surface area contributed by atoms with Gasteiger partial charge in [0.1, 0.15) is 18.5 Å². The molecule has 1 unspecified atom stereocenters.